The first kappa shape index (κ1) is 10.7. The Bertz CT molecular complexity index is 414. The molecule has 1 aromatic carbocycles. The Morgan fingerprint density at radius 1 is 1.12 bits per heavy atom. The van der Waals surface area contributed by atoms with E-state index in [4.69, 9.17) is 10.2 Å². The number of aromatic carboxylic acids is 2. The molecule has 4 heteroatoms. The lowest BCUT2D eigenvalue weighted by Gasteiger charge is -2.08. The molecule has 2 N–H and O–H groups in total. The van der Waals surface area contributed by atoms with Crippen LogP contribution in [0.3, 0.4) is 0 Å². The third-order valence-corrected chi connectivity index (χ3v) is 2.83. The second kappa shape index (κ2) is 3.96. The van der Waals surface area contributed by atoms with Crippen LogP contribution in [0.1, 0.15) is 39.1 Å². The lowest BCUT2D eigenvalue weighted by atomic mass is 9.96. The van der Waals surface area contributed by atoms with Gasteiger partial charge in [-0.1, -0.05) is 6.07 Å². The van der Waals surface area contributed by atoms with Crippen molar-refractivity contribution in [1.29, 1.82) is 0 Å². The Hall–Kier alpha value is -1.84. The molecule has 4 nitrogen and oxygen atoms in total. The Morgan fingerprint density at radius 2 is 1.62 bits per heavy atom. The van der Waals surface area contributed by atoms with Crippen molar-refractivity contribution in [3.63, 3.8) is 0 Å². The first-order valence-corrected chi connectivity index (χ1v) is 5.18. The highest BCUT2D eigenvalue weighted by Crippen LogP contribution is 2.34. The van der Waals surface area contributed by atoms with E-state index in [9.17, 15) is 9.59 Å². The summed E-state index contributed by atoms with van der Waals surface area (Å²) in [6.45, 7) is 0. The predicted molar refractivity (Wildman–Crippen MR) is 56.8 cm³/mol. The van der Waals surface area contributed by atoms with Gasteiger partial charge in [-0.3, -0.25) is 0 Å². The average molecular weight is 220 g/mol. The Balaban J connectivity index is 2.47. The van der Waals surface area contributed by atoms with Crippen molar-refractivity contribution in [2.45, 2.75) is 19.3 Å². The van der Waals surface area contributed by atoms with Crippen LogP contribution >= 0.6 is 0 Å². The average Bonchev–Trinajstić information content (AvgIpc) is 3.01. The molecule has 16 heavy (non-hydrogen) atoms. The highest BCUT2D eigenvalue weighted by atomic mass is 16.4. The van der Waals surface area contributed by atoms with Crippen LogP contribution < -0.4 is 0 Å². The topological polar surface area (TPSA) is 74.6 Å². The molecule has 0 unspecified atom stereocenters. The predicted octanol–water partition coefficient (Wildman–Crippen LogP) is 2.04. The molecule has 84 valence electrons. The molecule has 0 heterocycles. The van der Waals surface area contributed by atoms with Crippen molar-refractivity contribution in [2.24, 2.45) is 5.92 Å². The van der Waals surface area contributed by atoms with Gasteiger partial charge < -0.3 is 10.2 Å². The van der Waals surface area contributed by atoms with Gasteiger partial charge in [0.2, 0.25) is 0 Å². The molecule has 2 rings (SSSR count). The number of carboxylic acids is 2. The maximum absolute atomic E-state index is 11.0. The lowest BCUT2D eigenvalue weighted by molar-refractivity contribution is 0.0695. The summed E-state index contributed by atoms with van der Waals surface area (Å²) in [5.41, 5.74) is 0.698. The highest BCUT2D eigenvalue weighted by Gasteiger charge is 2.27. The highest BCUT2D eigenvalue weighted by molar-refractivity contribution is 5.96. The second-order valence-electron chi connectivity index (χ2n) is 4.09. The van der Waals surface area contributed by atoms with Gasteiger partial charge in [-0.15, -0.1) is 0 Å². The van der Waals surface area contributed by atoms with Crippen molar-refractivity contribution in [3.8, 4) is 0 Å². The van der Waals surface area contributed by atoms with Gasteiger partial charge in [-0.2, -0.15) is 0 Å². The third kappa shape index (κ3) is 2.05. The van der Waals surface area contributed by atoms with Crippen molar-refractivity contribution in [1.82, 2.24) is 0 Å². The summed E-state index contributed by atoms with van der Waals surface area (Å²) in [5.74, 6) is -1.66. The number of benzene rings is 1. The molecule has 0 atom stereocenters. The summed E-state index contributed by atoms with van der Waals surface area (Å²) in [5, 5.41) is 18.0. The maximum Gasteiger partial charge on any atom is 0.335 e. The smallest absolute Gasteiger partial charge is 0.335 e. The Kier molecular flexibility index (Phi) is 2.64. The molecule has 1 aliphatic rings. The fraction of sp³-hybridized carbons (Fsp3) is 0.333. The van der Waals surface area contributed by atoms with Gasteiger partial charge in [-0.05, 0) is 42.9 Å². The van der Waals surface area contributed by atoms with E-state index in [1.807, 2.05) is 0 Å². The van der Waals surface area contributed by atoms with Gasteiger partial charge in [0.15, 0.2) is 0 Å². The van der Waals surface area contributed by atoms with E-state index < -0.39 is 11.9 Å². The Labute approximate surface area is 92.5 Å². The monoisotopic (exact) mass is 220 g/mol. The summed E-state index contributed by atoms with van der Waals surface area (Å²) < 4.78 is 0. The SMILES string of the molecule is O=C(O)c1cccc(C(=O)O)c1CC1CC1. The van der Waals surface area contributed by atoms with Crippen LogP contribution in [0.5, 0.6) is 0 Å². The van der Waals surface area contributed by atoms with Crippen LogP contribution in [-0.4, -0.2) is 22.2 Å². The molecule has 0 bridgehead atoms. The minimum atomic E-state index is -1.06. The van der Waals surface area contributed by atoms with Gasteiger partial charge in [-0.25, -0.2) is 9.59 Å². The largest absolute Gasteiger partial charge is 0.478 e. The summed E-state index contributed by atoms with van der Waals surface area (Å²) in [4.78, 5) is 22.0. The summed E-state index contributed by atoms with van der Waals surface area (Å²) in [6, 6.07) is 4.41. The molecule has 1 aromatic rings. The number of hydrogen-bond donors (Lipinski definition) is 2. The molecular weight excluding hydrogens is 208 g/mol. The normalized spacial score (nSPS) is 14.8. The van der Waals surface area contributed by atoms with Gasteiger partial charge in [0.25, 0.3) is 0 Å². The third-order valence-electron chi connectivity index (χ3n) is 2.83. The first-order chi connectivity index (χ1) is 7.59. The van der Waals surface area contributed by atoms with Crippen LogP contribution in [0.15, 0.2) is 18.2 Å². The fourth-order valence-electron chi connectivity index (χ4n) is 1.82. The van der Waals surface area contributed by atoms with Crippen LogP contribution in [0.4, 0.5) is 0 Å². The molecule has 0 radical (unpaired) electrons. The molecule has 0 aliphatic heterocycles. The van der Waals surface area contributed by atoms with E-state index in [0.29, 0.717) is 17.9 Å². The zero-order valence-corrected chi connectivity index (χ0v) is 8.64. The standard InChI is InChI=1S/C12H12O4/c13-11(14)8-2-1-3-9(12(15)16)10(8)6-7-4-5-7/h1-3,7H,4-6H2,(H,13,14)(H,15,16). The van der Waals surface area contributed by atoms with E-state index >= 15 is 0 Å². The minimum absolute atomic E-state index is 0.117. The summed E-state index contributed by atoms with van der Waals surface area (Å²) in [7, 11) is 0. The van der Waals surface area contributed by atoms with E-state index in [1.165, 1.54) is 18.2 Å². The molecule has 1 aliphatic carbocycles. The number of carboxylic acid groups (broad SMARTS) is 2. The molecule has 0 amide bonds. The van der Waals surface area contributed by atoms with Crippen molar-refractivity contribution < 1.29 is 19.8 Å². The van der Waals surface area contributed by atoms with Crippen LogP contribution in [0.2, 0.25) is 0 Å². The first-order valence-electron chi connectivity index (χ1n) is 5.18. The summed E-state index contributed by atoms with van der Waals surface area (Å²) in [6.07, 6.45) is 2.68. The number of rotatable bonds is 4. The van der Waals surface area contributed by atoms with Gasteiger partial charge in [0, 0.05) is 0 Å². The van der Waals surface area contributed by atoms with Crippen molar-refractivity contribution in [2.75, 3.05) is 0 Å². The van der Waals surface area contributed by atoms with Crippen LogP contribution in [0.25, 0.3) is 0 Å². The van der Waals surface area contributed by atoms with E-state index in [1.54, 1.807) is 0 Å². The van der Waals surface area contributed by atoms with Gasteiger partial charge in [0.05, 0.1) is 11.1 Å². The molecule has 0 spiro atoms. The van der Waals surface area contributed by atoms with Gasteiger partial charge >= 0.3 is 11.9 Å². The van der Waals surface area contributed by atoms with Crippen LogP contribution in [0, 0.1) is 5.92 Å². The molecule has 0 saturated heterocycles. The Morgan fingerprint density at radius 3 is 2.00 bits per heavy atom. The number of carbonyl (C=O) groups is 2. The lowest BCUT2D eigenvalue weighted by Crippen LogP contribution is -2.10. The van der Waals surface area contributed by atoms with Crippen molar-refractivity contribution >= 4 is 11.9 Å². The molecular formula is C12H12O4. The van der Waals surface area contributed by atoms with Crippen molar-refractivity contribution in [3.05, 3.63) is 34.9 Å². The quantitative estimate of drug-likeness (QED) is 0.814. The maximum atomic E-state index is 11.0. The summed E-state index contributed by atoms with van der Waals surface area (Å²) >= 11 is 0. The van der Waals surface area contributed by atoms with E-state index in [2.05, 4.69) is 0 Å². The number of hydrogen-bond acceptors (Lipinski definition) is 2. The zero-order valence-electron chi connectivity index (χ0n) is 8.64. The fourth-order valence-corrected chi connectivity index (χ4v) is 1.82. The van der Waals surface area contributed by atoms with Gasteiger partial charge in [0.1, 0.15) is 0 Å². The minimum Gasteiger partial charge on any atom is -0.478 e. The molecule has 0 aromatic heterocycles. The molecule has 1 saturated carbocycles. The zero-order chi connectivity index (χ0) is 11.7. The molecule has 1 fully saturated rings. The van der Waals surface area contributed by atoms with E-state index in [-0.39, 0.29) is 11.1 Å². The second-order valence-corrected chi connectivity index (χ2v) is 4.09. The van der Waals surface area contributed by atoms with Crippen LogP contribution in [-0.2, 0) is 6.42 Å². The van der Waals surface area contributed by atoms with E-state index in [0.717, 1.165) is 12.8 Å².